The summed E-state index contributed by atoms with van der Waals surface area (Å²) in [7, 11) is 1.64. The molecule has 0 aliphatic rings. The number of hydrogen-bond acceptors (Lipinski definition) is 3. The highest BCUT2D eigenvalue weighted by atomic mass is 16.5. The summed E-state index contributed by atoms with van der Waals surface area (Å²) in [6, 6.07) is 23.9. The van der Waals surface area contributed by atoms with Crippen molar-refractivity contribution < 1.29 is 14.3 Å². The van der Waals surface area contributed by atoms with Crippen LogP contribution in [0.25, 0.3) is 17.2 Å². The molecular formula is C23H20O3. The van der Waals surface area contributed by atoms with Gasteiger partial charge in [-0.1, -0.05) is 66.7 Å². The van der Waals surface area contributed by atoms with Crippen LogP contribution < -0.4 is 9.47 Å². The van der Waals surface area contributed by atoms with E-state index in [2.05, 4.69) is 0 Å². The Morgan fingerprint density at radius 3 is 2.27 bits per heavy atom. The molecule has 0 aliphatic heterocycles. The molecule has 0 aliphatic carbocycles. The van der Waals surface area contributed by atoms with Crippen LogP contribution in [-0.2, 0) is 11.4 Å². The molecule has 0 heterocycles. The van der Waals surface area contributed by atoms with Gasteiger partial charge in [0.2, 0.25) is 0 Å². The fourth-order valence-corrected chi connectivity index (χ4v) is 2.64. The maximum Gasteiger partial charge on any atom is 0.162 e. The number of aldehydes is 1. The van der Waals surface area contributed by atoms with Crippen molar-refractivity contribution in [2.75, 3.05) is 7.11 Å². The lowest BCUT2D eigenvalue weighted by Crippen LogP contribution is -1.97. The predicted octanol–water partition coefficient (Wildman–Crippen LogP) is 5.15. The van der Waals surface area contributed by atoms with E-state index >= 15 is 0 Å². The van der Waals surface area contributed by atoms with Gasteiger partial charge in [-0.2, -0.15) is 0 Å². The molecule has 0 saturated heterocycles. The van der Waals surface area contributed by atoms with Crippen molar-refractivity contribution >= 4 is 12.4 Å². The molecule has 0 saturated carbocycles. The van der Waals surface area contributed by atoms with Crippen molar-refractivity contribution in [2.45, 2.75) is 6.61 Å². The first-order valence-corrected chi connectivity index (χ1v) is 8.37. The molecule has 0 unspecified atom stereocenters. The molecule has 0 amide bonds. The van der Waals surface area contributed by atoms with Gasteiger partial charge in [0.15, 0.2) is 11.5 Å². The van der Waals surface area contributed by atoms with Crippen LogP contribution in [-0.4, -0.2) is 13.4 Å². The lowest BCUT2D eigenvalue weighted by molar-refractivity contribution is -0.104. The third-order valence-corrected chi connectivity index (χ3v) is 4.01. The average molecular weight is 344 g/mol. The van der Waals surface area contributed by atoms with E-state index in [1.54, 1.807) is 13.2 Å². The number of hydrogen-bond donors (Lipinski definition) is 0. The van der Waals surface area contributed by atoms with E-state index in [0.717, 1.165) is 28.5 Å². The van der Waals surface area contributed by atoms with Crippen molar-refractivity contribution in [1.29, 1.82) is 0 Å². The number of benzene rings is 3. The largest absolute Gasteiger partial charge is 0.493 e. The Morgan fingerprint density at radius 2 is 1.58 bits per heavy atom. The molecule has 0 bridgehead atoms. The average Bonchev–Trinajstić information content (AvgIpc) is 2.71. The van der Waals surface area contributed by atoms with Gasteiger partial charge >= 0.3 is 0 Å². The summed E-state index contributed by atoms with van der Waals surface area (Å²) in [4.78, 5) is 10.4. The van der Waals surface area contributed by atoms with E-state index in [0.29, 0.717) is 18.1 Å². The summed E-state index contributed by atoms with van der Waals surface area (Å²) in [5, 5.41) is 0. The Kier molecular flexibility index (Phi) is 5.84. The van der Waals surface area contributed by atoms with Crippen molar-refractivity contribution in [1.82, 2.24) is 0 Å². The van der Waals surface area contributed by atoms with Crippen LogP contribution in [0.3, 0.4) is 0 Å². The van der Waals surface area contributed by atoms with Gasteiger partial charge < -0.3 is 9.47 Å². The quantitative estimate of drug-likeness (QED) is 0.439. The molecule has 3 aromatic rings. The predicted molar refractivity (Wildman–Crippen MR) is 104 cm³/mol. The van der Waals surface area contributed by atoms with Crippen LogP contribution in [0.5, 0.6) is 11.5 Å². The highest BCUT2D eigenvalue weighted by Gasteiger charge is 2.08. The van der Waals surface area contributed by atoms with E-state index in [-0.39, 0.29) is 0 Å². The number of rotatable bonds is 7. The maximum atomic E-state index is 10.4. The Bertz CT molecular complexity index is 881. The Hall–Kier alpha value is -3.33. The van der Waals surface area contributed by atoms with E-state index < -0.39 is 0 Å². The second-order valence-corrected chi connectivity index (χ2v) is 5.76. The van der Waals surface area contributed by atoms with Crippen molar-refractivity contribution in [3.05, 3.63) is 90.0 Å². The monoisotopic (exact) mass is 344 g/mol. The molecular weight excluding hydrogens is 324 g/mol. The van der Waals surface area contributed by atoms with Crippen LogP contribution >= 0.6 is 0 Å². The van der Waals surface area contributed by atoms with Crippen molar-refractivity contribution in [3.8, 4) is 22.6 Å². The molecule has 0 spiro atoms. The van der Waals surface area contributed by atoms with Crippen LogP contribution in [0.15, 0.2) is 78.9 Å². The minimum atomic E-state index is 0.482. The minimum Gasteiger partial charge on any atom is -0.493 e. The third-order valence-electron chi connectivity index (χ3n) is 4.01. The van der Waals surface area contributed by atoms with Crippen LogP contribution in [0.4, 0.5) is 0 Å². The molecule has 130 valence electrons. The fourth-order valence-electron chi connectivity index (χ4n) is 2.64. The van der Waals surface area contributed by atoms with Gasteiger partial charge in [-0.3, -0.25) is 4.79 Å². The zero-order chi connectivity index (χ0) is 18.2. The number of ether oxygens (including phenoxy) is 2. The molecule has 3 heteroatoms. The Balaban J connectivity index is 1.82. The third kappa shape index (κ3) is 4.39. The first kappa shape index (κ1) is 17.5. The molecule has 3 rings (SSSR count). The molecule has 0 atom stereocenters. The number of carbonyl (C=O) groups is 1. The standard InChI is InChI=1S/C23H20O3/c1-25-22-14-13-21(20-11-9-18(10-12-20)8-5-15-24)16-23(22)26-17-19-6-3-2-4-7-19/h2-16H,17H2,1H3. The van der Waals surface area contributed by atoms with E-state index in [4.69, 9.17) is 9.47 Å². The lowest BCUT2D eigenvalue weighted by Gasteiger charge is -2.13. The summed E-state index contributed by atoms with van der Waals surface area (Å²) in [6.07, 6.45) is 4.03. The summed E-state index contributed by atoms with van der Waals surface area (Å²) >= 11 is 0. The number of methoxy groups -OCH3 is 1. The normalized spacial score (nSPS) is 10.7. The van der Waals surface area contributed by atoms with Crippen LogP contribution in [0.2, 0.25) is 0 Å². The fraction of sp³-hybridized carbons (Fsp3) is 0.0870. The Morgan fingerprint density at radius 1 is 0.846 bits per heavy atom. The van der Waals surface area contributed by atoms with Crippen LogP contribution in [0, 0.1) is 0 Å². The highest BCUT2D eigenvalue weighted by molar-refractivity contribution is 5.75. The van der Waals surface area contributed by atoms with Gasteiger partial charge in [0.05, 0.1) is 7.11 Å². The maximum absolute atomic E-state index is 10.4. The smallest absolute Gasteiger partial charge is 0.162 e. The van der Waals surface area contributed by atoms with E-state index in [1.807, 2.05) is 72.8 Å². The number of allylic oxidation sites excluding steroid dienone is 1. The SMILES string of the molecule is COc1ccc(-c2ccc(C=CC=O)cc2)cc1OCc1ccccc1. The van der Waals surface area contributed by atoms with Gasteiger partial charge in [-0.05, 0) is 40.5 Å². The van der Waals surface area contributed by atoms with E-state index in [1.165, 1.54) is 6.08 Å². The van der Waals surface area contributed by atoms with Gasteiger partial charge in [-0.25, -0.2) is 0 Å². The second-order valence-electron chi connectivity index (χ2n) is 5.76. The van der Waals surface area contributed by atoms with Crippen molar-refractivity contribution in [2.24, 2.45) is 0 Å². The summed E-state index contributed by atoms with van der Waals surface area (Å²) in [6.45, 7) is 0.482. The topological polar surface area (TPSA) is 35.5 Å². The lowest BCUT2D eigenvalue weighted by atomic mass is 10.0. The molecule has 3 nitrogen and oxygen atoms in total. The first-order valence-electron chi connectivity index (χ1n) is 8.37. The van der Waals surface area contributed by atoms with Crippen LogP contribution in [0.1, 0.15) is 11.1 Å². The molecule has 0 N–H and O–H groups in total. The van der Waals surface area contributed by atoms with Gasteiger partial charge in [0.25, 0.3) is 0 Å². The number of carbonyl (C=O) groups excluding carboxylic acids is 1. The van der Waals surface area contributed by atoms with Gasteiger partial charge in [0.1, 0.15) is 12.9 Å². The molecule has 0 radical (unpaired) electrons. The minimum absolute atomic E-state index is 0.482. The van der Waals surface area contributed by atoms with Crippen molar-refractivity contribution in [3.63, 3.8) is 0 Å². The van der Waals surface area contributed by atoms with Gasteiger partial charge in [0, 0.05) is 0 Å². The molecule has 3 aromatic carbocycles. The highest BCUT2D eigenvalue weighted by Crippen LogP contribution is 2.33. The summed E-state index contributed by atoms with van der Waals surface area (Å²) < 4.78 is 11.4. The first-order chi connectivity index (χ1) is 12.8. The second kappa shape index (κ2) is 8.67. The molecule has 0 fully saturated rings. The summed E-state index contributed by atoms with van der Waals surface area (Å²) in [5.41, 5.74) is 4.20. The Labute approximate surface area is 153 Å². The zero-order valence-corrected chi connectivity index (χ0v) is 14.6. The summed E-state index contributed by atoms with van der Waals surface area (Å²) in [5.74, 6) is 1.41. The van der Waals surface area contributed by atoms with Gasteiger partial charge in [-0.15, -0.1) is 0 Å². The molecule has 26 heavy (non-hydrogen) atoms. The molecule has 0 aromatic heterocycles. The zero-order valence-electron chi connectivity index (χ0n) is 14.6. The van der Waals surface area contributed by atoms with E-state index in [9.17, 15) is 4.79 Å².